The van der Waals surface area contributed by atoms with Gasteiger partial charge in [0.1, 0.15) is 5.78 Å². The van der Waals surface area contributed by atoms with Gasteiger partial charge in [0.25, 0.3) is 0 Å². The Morgan fingerprint density at radius 2 is 2.14 bits per heavy atom. The molecular weight excluding hydrogens is 258 g/mol. The Bertz CT molecular complexity index is 666. The van der Waals surface area contributed by atoms with Gasteiger partial charge in [-0.2, -0.15) is 0 Å². The zero-order valence-electron chi connectivity index (χ0n) is 12.7. The fourth-order valence-electron chi connectivity index (χ4n) is 3.17. The summed E-state index contributed by atoms with van der Waals surface area (Å²) in [5.41, 5.74) is 5.94. The number of hydrogen-bond acceptors (Lipinski definition) is 2. The van der Waals surface area contributed by atoms with Crippen LogP contribution in [-0.2, 0) is 4.79 Å². The highest BCUT2D eigenvalue weighted by molar-refractivity contribution is 5.79. The van der Waals surface area contributed by atoms with E-state index in [0.29, 0.717) is 5.78 Å². The van der Waals surface area contributed by atoms with Crippen LogP contribution in [0.25, 0.3) is 12.2 Å². The van der Waals surface area contributed by atoms with Crippen molar-refractivity contribution in [3.8, 4) is 0 Å². The first-order valence-corrected chi connectivity index (χ1v) is 7.50. The average molecular weight is 279 g/mol. The maximum atomic E-state index is 11.6. The van der Waals surface area contributed by atoms with E-state index in [4.69, 9.17) is 0 Å². The van der Waals surface area contributed by atoms with Gasteiger partial charge in [0.15, 0.2) is 0 Å². The van der Waals surface area contributed by atoms with Gasteiger partial charge in [-0.1, -0.05) is 36.9 Å². The number of aryl methyl sites for hydroxylation is 1. The molecule has 1 fully saturated rings. The number of carbonyl (C=O) groups is 1. The van der Waals surface area contributed by atoms with Crippen molar-refractivity contribution in [1.82, 2.24) is 4.90 Å². The lowest BCUT2D eigenvalue weighted by atomic mass is 10.0. The molecule has 1 aromatic rings. The number of hydrogen-bond donors (Lipinski definition) is 0. The van der Waals surface area contributed by atoms with Gasteiger partial charge in [0.2, 0.25) is 0 Å². The molecule has 0 bridgehead atoms. The van der Waals surface area contributed by atoms with Crippen LogP contribution in [0, 0.1) is 12.8 Å². The van der Waals surface area contributed by atoms with Crippen molar-refractivity contribution in [2.24, 2.45) is 5.92 Å². The van der Waals surface area contributed by atoms with Crippen LogP contribution in [0.15, 0.2) is 42.1 Å². The fraction of sp³-hybridized carbons (Fsp3) is 0.316. The van der Waals surface area contributed by atoms with Crippen molar-refractivity contribution in [1.29, 1.82) is 0 Å². The van der Waals surface area contributed by atoms with Gasteiger partial charge >= 0.3 is 0 Å². The predicted molar refractivity (Wildman–Crippen MR) is 87.7 cm³/mol. The summed E-state index contributed by atoms with van der Waals surface area (Å²) in [5.74, 6) is 0.465. The van der Waals surface area contributed by atoms with E-state index in [0.717, 1.165) is 30.8 Å². The zero-order valence-corrected chi connectivity index (χ0v) is 12.7. The Morgan fingerprint density at radius 3 is 2.86 bits per heavy atom. The number of likely N-dealkylation sites (tertiary alicyclic amines) is 1. The van der Waals surface area contributed by atoms with E-state index >= 15 is 0 Å². The van der Waals surface area contributed by atoms with Gasteiger partial charge in [0.05, 0.1) is 0 Å². The molecule has 0 radical (unpaired) electrons. The van der Waals surface area contributed by atoms with Gasteiger partial charge in [-0.3, -0.25) is 4.79 Å². The summed E-state index contributed by atoms with van der Waals surface area (Å²) >= 11 is 0. The number of nitrogens with zero attached hydrogens (tertiary/aromatic N) is 1. The smallest absolute Gasteiger partial charge is 0.134 e. The highest BCUT2D eigenvalue weighted by atomic mass is 16.1. The normalized spacial score (nSPS) is 21.0. The van der Waals surface area contributed by atoms with Crippen LogP contribution in [0.2, 0.25) is 0 Å². The second-order valence-corrected chi connectivity index (χ2v) is 6.01. The molecular formula is C19H21NO. The third kappa shape index (κ3) is 2.58. The Balaban J connectivity index is 1.97. The molecule has 1 aliphatic carbocycles. The minimum absolute atomic E-state index is 0.169. The Morgan fingerprint density at radius 1 is 1.33 bits per heavy atom. The van der Waals surface area contributed by atoms with E-state index < -0.39 is 0 Å². The maximum absolute atomic E-state index is 11.6. The number of fused-ring (bicyclic) bond motifs is 1. The fourth-order valence-corrected chi connectivity index (χ4v) is 3.17. The van der Waals surface area contributed by atoms with Crippen molar-refractivity contribution >= 4 is 17.9 Å². The third-order valence-electron chi connectivity index (χ3n) is 4.53. The summed E-state index contributed by atoms with van der Waals surface area (Å²) in [6, 6.07) is 6.36. The van der Waals surface area contributed by atoms with Crippen molar-refractivity contribution in [3.05, 3.63) is 58.8 Å². The van der Waals surface area contributed by atoms with Crippen LogP contribution < -0.4 is 0 Å². The minimum Gasteiger partial charge on any atom is -0.370 e. The standard InChI is InChI=1S/C19H21NO/c1-13-5-4-6-16-11-19(14(2)7-8-18(13)16)20-10-9-17(12-20)15(3)21/h4-8,11,17H,2,9-10,12H2,1,3H3/t17-/m0/s1. The molecule has 108 valence electrons. The van der Waals surface area contributed by atoms with E-state index in [9.17, 15) is 4.79 Å². The molecule has 0 amide bonds. The molecule has 3 rings (SSSR count). The summed E-state index contributed by atoms with van der Waals surface area (Å²) in [6.45, 7) is 9.78. The Kier molecular flexibility index (Phi) is 3.54. The Hall–Kier alpha value is -2.09. The summed E-state index contributed by atoms with van der Waals surface area (Å²) < 4.78 is 0. The van der Waals surface area contributed by atoms with E-state index in [1.807, 2.05) is 0 Å². The first-order valence-electron chi connectivity index (χ1n) is 7.50. The summed E-state index contributed by atoms with van der Waals surface area (Å²) in [5, 5.41) is 0. The van der Waals surface area contributed by atoms with Gasteiger partial charge in [-0.05, 0) is 48.6 Å². The maximum Gasteiger partial charge on any atom is 0.134 e. The lowest BCUT2D eigenvalue weighted by Crippen LogP contribution is -2.22. The van der Waals surface area contributed by atoms with Gasteiger partial charge < -0.3 is 4.90 Å². The van der Waals surface area contributed by atoms with Crippen molar-refractivity contribution < 1.29 is 4.79 Å². The molecule has 1 saturated heterocycles. The molecule has 0 unspecified atom stereocenters. The highest BCUT2D eigenvalue weighted by Gasteiger charge is 2.28. The molecule has 0 spiro atoms. The van der Waals surface area contributed by atoms with Crippen LogP contribution in [0.1, 0.15) is 30.0 Å². The molecule has 1 atom stereocenters. The van der Waals surface area contributed by atoms with Crippen molar-refractivity contribution in [2.45, 2.75) is 20.3 Å². The number of ketones is 1. The van der Waals surface area contributed by atoms with Gasteiger partial charge in [0, 0.05) is 24.7 Å². The second-order valence-electron chi connectivity index (χ2n) is 6.01. The van der Waals surface area contributed by atoms with Crippen LogP contribution in [0.5, 0.6) is 0 Å². The largest absolute Gasteiger partial charge is 0.370 e. The van der Waals surface area contributed by atoms with Crippen LogP contribution in [0.4, 0.5) is 0 Å². The summed E-state index contributed by atoms with van der Waals surface area (Å²) in [4.78, 5) is 13.9. The number of rotatable bonds is 2. The zero-order chi connectivity index (χ0) is 15.0. The van der Waals surface area contributed by atoms with Gasteiger partial charge in [-0.15, -0.1) is 0 Å². The first-order chi connectivity index (χ1) is 10.1. The minimum atomic E-state index is 0.169. The van der Waals surface area contributed by atoms with E-state index in [1.165, 1.54) is 16.7 Å². The SMILES string of the molecule is C=C1C=Cc2c(C)cccc2C=C1N1CC[C@H](C(C)=O)C1. The molecule has 0 saturated carbocycles. The number of carbonyl (C=O) groups excluding carboxylic acids is 1. The molecule has 1 aliphatic heterocycles. The number of allylic oxidation sites excluding steroid dienone is 1. The highest BCUT2D eigenvalue weighted by Crippen LogP contribution is 2.31. The average Bonchev–Trinajstić information content (AvgIpc) is 2.86. The van der Waals surface area contributed by atoms with Crippen LogP contribution in [0.3, 0.4) is 0 Å². The van der Waals surface area contributed by atoms with Crippen molar-refractivity contribution in [2.75, 3.05) is 13.1 Å². The molecule has 21 heavy (non-hydrogen) atoms. The third-order valence-corrected chi connectivity index (χ3v) is 4.53. The summed E-state index contributed by atoms with van der Waals surface area (Å²) in [7, 11) is 0. The van der Waals surface area contributed by atoms with Crippen LogP contribution in [-0.4, -0.2) is 23.8 Å². The lowest BCUT2D eigenvalue weighted by Gasteiger charge is -2.22. The number of benzene rings is 1. The monoisotopic (exact) mass is 279 g/mol. The quantitative estimate of drug-likeness (QED) is 0.820. The molecule has 1 heterocycles. The van der Waals surface area contributed by atoms with E-state index in [2.05, 4.69) is 54.8 Å². The number of Topliss-reactive ketones (excluding diaryl/α,β-unsaturated/α-hetero) is 1. The van der Waals surface area contributed by atoms with Crippen LogP contribution >= 0.6 is 0 Å². The molecule has 2 heteroatoms. The van der Waals surface area contributed by atoms with E-state index in [-0.39, 0.29) is 5.92 Å². The van der Waals surface area contributed by atoms with Gasteiger partial charge in [-0.25, -0.2) is 0 Å². The first kappa shape index (κ1) is 13.9. The lowest BCUT2D eigenvalue weighted by molar-refractivity contribution is -0.120. The second kappa shape index (κ2) is 5.36. The molecule has 2 aliphatic rings. The molecule has 2 nitrogen and oxygen atoms in total. The molecule has 1 aromatic carbocycles. The topological polar surface area (TPSA) is 20.3 Å². The Labute approximate surface area is 126 Å². The molecule has 0 N–H and O–H groups in total. The molecule has 0 aromatic heterocycles. The summed E-state index contributed by atoms with van der Waals surface area (Å²) in [6.07, 6.45) is 7.40. The van der Waals surface area contributed by atoms with E-state index in [1.54, 1.807) is 6.92 Å². The van der Waals surface area contributed by atoms with Crippen molar-refractivity contribution in [3.63, 3.8) is 0 Å². The predicted octanol–water partition coefficient (Wildman–Crippen LogP) is 3.83.